The number of hydrogen-bond donors (Lipinski definition) is 1. The van der Waals surface area contributed by atoms with Crippen molar-refractivity contribution in [1.29, 1.82) is 0 Å². The van der Waals surface area contributed by atoms with Gasteiger partial charge in [0.15, 0.2) is 0 Å². The second-order valence-corrected chi connectivity index (χ2v) is 4.43. The van der Waals surface area contributed by atoms with Crippen molar-refractivity contribution in [2.24, 2.45) is 0 Å². The molecule has 2 nitrogen and oxygen atoms in total. The Morgan fingerprint density at radius 3 is 2.36 bits per heavy atom. The Balaban J connectivity index is 0.000000344. The first-order valence-corrected chi connectivity index (χ1v) is 6.48. The second kappa shape index (κ2) is 9.04. The molecule has 0 radical (unpaired) electrons. The first kappa shape index (κ1) is 18.0. The van der Waals surface area contributed by atoms with Crippen molar-refractivity contribution in [3.05, 3.63) is 94.0 Å². The zero-order chi connectivity index (χ0) is 15.1. The minimum absolute atomic E-state index is 0. The third-order valence-corrected chi connectivity index (χ3v) is 2.98. The molecule has 0 fully saturated rings. The number of hydrogen-bond acceptors (Lipinski definition) is 1. The molecule has 4 heteroatoms. The summed E-state index contributed by atoms with van der Waals surface area (Å²) in [7, 11) is 0. The number of rotatable bonds is 1. The molecular formula is C18H14FFeNO. The molecule has 112 valence electrons. The van der Waals surface area contributed by atoms with Crippen LogP contribution in [0.4, 0.5) is 4.39 Å². The predicted molar refractivity (Wildman–Crippen MR) is 82.9 cm³/mol. The van der Waals surface area contributed by atoms with Gasteiger partial charge in [-0.15, -0.1) is 0 Å². The van der Waals surface area contributed by atoms with E-state index in [1.165, 1.54) is 12.1 Å². The zero-order valence-corrected chi connectivity index (χ0v) is 12.8. The van der Waals surface area contributed by atoms with Crippen LogP contribution in [0.15, 0.2) is 72.3 Å². The number of benzene rings is 1. The average Bonchev–Trinajstić information content (AvgIpc) is 3.21. The van der Waals surface area contributed by atoms with Gasteiger partial charge in [0.2, 0.25) is 0 Å². The minimum Gasteiger partial charge on any atom is -0.763 e. The molecule has 0 atom stereocenters. The SMILES string of the molecule is [Fe+2].[N-]=C=c1cc/c(=C2\C=CC(CO)=C2)cc1F.c1cc[cH-]c1. The Hall–Kier alpha value is -2.09. The summed E-state index contributed by atoms with van der Waals surface area (Å²) in [5.41, 5.74) is 1.63. The maximum atomic E-state index is 13.4. The largest absolute Gasteiger partial charge is 2.00 e. The van der Waals surface area contributed by atoms with Crippen molar-refractivity contribution in [3.8, 4) is 0 Å². The molecule has 1 aliphatic rings. The molecule has 1 aliphatic carbocycles. The molecule has 0 aromatic heterocycles. The minimum atomic E-state index is -0.522. The summed E-state index contributed by atoms with van der Waals surface area (Å²) in [6.45, 7) is -0.0290. The number of nitrogens with zero attached hydrogens (tertiary/aromatic N) is 1. The van der Waals surface area contributed by atoms with E-state index in [0.29, 0.717) is 5.22 Å². The third kappa shape index (κ3) is 4.73. The zero-order valence-electron chi connectivity index (χ0n) is 11.7. The van der Waals surface area contributed by atoms with Crippen LogP contribution in [0.25, 0.3) is 11.0 Å². The van der Waals surface area contributed by atoms with E-state index >= 15 is 0 Å². The van der Waals surface area contributed by atoms with Crippen molar-refractivity contribution >= 4 is 11.4 Å². The fraction of sp³-hybridized carbons (Fsp3) is 0.0556. The Morgan fingerprint density at radius 2 is 1.91 bits per heavy atom. The van der Waals surface area contributed by atoms with Crippen molar-refractivity contribution < 1.29 is 26.6 Å². The summed E-state index contributed by atoms with van der Waals surface area (Å²) in [6, 6.07) is 14.5. The molecule has 0 spiro atoms. The molecule has 2 aromatic rings. The fourth-order valence-corrected chi connectivity index (χ4v) is 1.88. The smallest absolute Gasteiger partial charge is 0.763 e. The van der Waals surface area contributed by atoms with Crippen LogP contribution in [0, 0.1) is 5.82 Å². The van der Waals surface area contributed by atoms with E-state index in [1.807, 2.05) is 36.4 Å². The van der Waals surface area contributed by atoms with Gasteiger partial charge in [-0.05, 0) is 34.6 Å². The molecule has 1 N–H and O–H groups in total. The molecule has 0 amide bonds. The second-order valence-electron chi connectivity index (χ2n) is 4.43. The van der Waals surface area contributed by atoms with Crippen molar-refractivity contribution in [1.82, 2.24) is 0 Å². The summed E-state index contributed by atoms with van der Waals surface area (Å²) in [5, 5.41) is 18.3. The van der Waals surface area contributed by atoms with Crippen LogP contribution in [0.2, 0.25) is 0 Å². The van der Waals surface area contributed by atoms with Gasteiger partial charge in [0.25, 0.3) is 0 Å². The molecule has 0 saturated heterocycles. The van der Waals surface area contributed by atoms with Gasteiger partial charge >= 0.3 is 17.1 Å². The van der Waals surface area contributed by atoms with E-state index in [0.717, 1.165) is 11.1 Å². The normalized spacial score (nSPS) is 14.4. The number of allylic oxidation sites excluding steroid dienone is 2. The van der Waals surface area contributed by atoms with Crippen molar-refractivity contribution in [2.75, 3.05) is 6.61 Å². The third-order valence-electron chi connectivity index (χ3n) is 2.98. The summed E-state index contributed by atoms with van der Waals surface area (Å²) >= 11 is 0. The van der Waals surface area contributed by atoms with E-state index in [9.17, 15) is 4.39 Å². The maximum absolute atomic E-state index is 13.4. The Kier molecular flexibility index (Phi) is 7.38. The molecule has 0 unspecified atom stereocenters. The topological polar surface area (TPSA) is 42.5 Å². The Labute approximate surface area is 139 Å². The first-order chi connectivity index (χ1) is 10.2. The molecule has 0 aliphatic heterocycles. The fourth-order valence-electron chi connectivity index (χ4n) is 1.88. The molecule has 0 heterocycles. The Morgan fingerprint density at radius 1 is 1.18 bits per heavy atom. The number of halogens is 1. The van der Waals surface area contributed by atoms with E-state index < -0.39 is 5.82 Å². The van der Waals surface area contributed by atoms with Gasteiger partial charge in [-0.2, -0.15) is 18.2 Å². The quantitative estimate of drug-likeness (QED) is 0.482. The van der Waals surface area contributed by atoms with Crippen LogP contribution in [-0.4, -0.2) is 17.6 Å². The van der Waals surface area contributed by atoms with Gasteiger partial charge in [0.05, 0.1) is 6.61 Å². The summed E-state index contributed by atoms with van der Waals surface area (Å²) in [4.78, 5) is 0. The van der Waals surface area contributed by atoms with Crippen molar-refractivity contribution in [3.63, 3.8) is 0 Å². The standard InChI is InChI=1S/C13H9FNO.C5H5.Fe/c14-13-6-11(3-4-12(13)7-15)10-2-1-9(5-10)8-16;1-2-4-5-3-1;/h1-6,16H,8H2;1-5H;/q2*-1;+2/b11-10-;;. The van der Waals surface area contributed by atoms with Crippen LogP contribution in [-0.2, 0) is 17.1 Å². The van der Waals surface area contributed by atoms with E-state index in [-0.39, 0.29) is 28.9 Å². The molecule has 0 saturated carbocycles. The van der Waals surface area contributed by atoms with Crippen LogP contribution >= 0.6 is 0 Å². The molecular weight excluding hydrogens is 321 g/mol. The first-order valence-electron chi connectivity index (χ1n) is 6.48. The van der Waals surface area contributed by atoms with Crippen LogP contribution < -0.4 is 10.4 Å². The summed E-state index contributed by atoms with van der Waals surface area (Å²) in [6.07, 6.45) is 5.39. The van der Waals surface area contributed by atoms with Gasteiger partial charge in [-0.3, -0.25) is 5.87 Å². The molecule has 22 heavy (non-hydrogen) atoms. The van der Waals surface area contributed by atoms with Gasteiger partial charge in [0, 0.05) is 5.22 Å². The summed E-state index contributed by atoms with van der Waals surface area (Å²) < 4.78 is 13.4. The van der Waals surface area contributed by atoms with Gasteiger partial charge in [-0.1, -0.05) is 18.2 Å². The maximum Gasteiger partial charge on any atom is 2.00 e. The van der Waals surface area contributed by atoms with E-state index in [2.05, 4.69) is 0 Å². The Bertz CT molecular complexity index is 783. The van der Waals surface area contributed by atoms with Crippen molar-refractivity contribution in [2.45, 2.75) is 0 Å². The predicted octanol–water partition coefficient (Wildman–Crippen LogP) is 1.78. The van der Waals surface area contributed by atoms with Gasteiger partial charge in [0.1, 0.15) is 5.82 Å². The summed E-state index contributed by atoms with van der Waals surface area (Å²) in [5.74, 6) is 1.25. The van der Waals surface area contributed by atoms with Crippen LogP contribution in [0.5, 0.6) is 0 Å². The monoisotopic (exact) mass is 335 g/mol. The molecule has 3 rings (SSSR count). The molecule has 0 bridgehead atoms. The van der Waals surface area contributed by atoms with Crippen LogP contribution in [0.1, 0.15) is 0 Å². The van der Waals surface area contributed by atoms with E-state index in [4.69, 9.17) is 10.5 Å². The number of aliphatic hydroxyl groups excluding tert-OH is 1. The van der Waals surface area contributed by atoms with Gasteiger partial charge < -0.3 is 10.5 Å². The number of aliphatic hydroxyl groups is 1. The average molecular weight is 335 g/mol. The van der Waals surface area contributed by atoms with Crippen LogP contribution in [0.3, 0.4) is 0 Å². The molecule has 2 aromatic carbocycles. The van der Waals surface area contributed by atoms with E-state index in [1.54, 1.807) is 24.1 Å². The van der Waals surface area contributed by atoms with Gasteiger partial charge in [-0.25, -0.2) is 16.5 Å².